The molecule has 1 heterocycles. The van der Waals surface area contributed by atoms with Crippen molar-refractivity contribution in [2.24, 2.45) is 0 Å². The zero-order valence-electron chi connectivity index (χ0n) is 14.8. The van der Waals surface area contributed by atoms with E-state index in [4.69, 9.17) is 0 Å². The van der Waals surface area contributed by atoms with Gasteiger partial charge >= 0.3 is 0 Å². The molecule has 1 saturated heterocycles. The number of piperazine rings is 1. The van der Waals surface area contributed by atoms with E-state index in [9.17, 15) is 18.4 Å². The molecule has 1 aromatic rings. The van der Waals surface area contributed by atoms with Crippen molar-refractivity contribution in [1.82, 2.24) is 14.7 Å². The highest BCUT2D eigenvalue weighted by molar-refractivity contribution is 5.94. The van der Waals surface area contributed by atoms with E-state index in [-0.39, 0.29) is 17.4 Å². The van der Waals surface area contributed by atoms with E-state index in [1.54, 1.807) is 9.80 Å². The fraction of sp³-hybridized carbons (Fsp3) is 0.556. The van der Waals surface area contributed by atoms with Crippen molar-refractivity contribution in [2.75, 3.05) is 45.8 Å². The predicted molar refractivity (Wildman–Crippen MR) is 91.2 cm³/mol. The maximum atomic E-state index is 13.3. The standard InChI is InChI=1S/C18H25F2N3O2/c1-3-21(4-2)8-7-17(24)22-9-11-23(12-10-22)18(25)14-5-6-15(19)16(20)13-14/h5-6,13H,3-4,7-12H2,1-2H3. The molecule has 5 nitrogen and oxygen atoms in total. The van der Waals surface area contributed by atoms with Crippen LogP contribution in [-0.2, 0) is 4.79 Å². The van der Waals surface area contributed by atoms with Crippen LogP contribution in [0.3, 0.4) is 0 Å². The van der Waals surface area contributed by atoms with E-state index in [1.807, 2.05) is 0 Å². The lowest BCUT2D eigenvalue weighted by Crippen LogP contribution is -2.51. The maximum absolute atomic E-state index is 13.3. The molecular weight excluding hydrogens is 328 g/mol. The van der Waals surface area contributed by atoms with Gasteiger partial charge in [0.05, 0.1) is 0 Å². The van der Waals surface area contributed by atoms with E-state index in [1.165, 1.54) is 6.07 Å². The van der Waals surface area contributed by atoms with Gasteiger partial charge in [-0.15, -0.1) is 0 Å². The fourth-order valence-electron chi connectivity index (χ4n) is 2.92. The van der Waals surface area contributed by atoms with Gasteiger partial charge in [-0.3, -0.25) is 9.59 Å². The molecule has 0 atom stereocenters. The van der Waals surface area contributed by atoms with Gasteiger partial charge in [-0.25, -0.2) is 8.78 Å². The van der Waals surface area contributed by atoms with Crippen LogP contribution in [0, 0.1) is 11.6 Å². The first-order chi connectivity index (χ1) is 12.0. The van der Waals surface area contributed by atoms with Crippen molar-refractivity contribution in [1.29, 1.82) is 0 Å². The first kappa shape index (κ1) is 19.3. The lowest BCUT2D eigenvalue weighted by Gasteiger charge is -2.35. The Morgan fingerprint density at radius 2 is 1.60 bits per heavy atom. The molecule has 0 spiro atoms. The van der Waals surface area contributed by atoms with E-state index >= 15 is 0 Å². The third-order valence-corrected chi connectivity index (χ3v) is 4.62. The van der Waals surface area contributed by atoms with Crippen LogP contribution >= 0.6 is 0 Å². The number of benzene rings is 1. The van der Waals surface area contributed by atoms with Gasteiger partial charge in [0.2, 0.25) is 5.91 Å². The van der Waals surface area contributed by atoms with Gasteiger partial charge in [-0.2, -0.15) is 0 Å². The number of rotatable bonds is 6. The first-order valence-corrected chi connectivity index (χ1v) is 8.70. The van der Waals surface area contributed by atoms with Crippen molar-refractivity contribution in [2.45, 2.75) is 20.3 Å². The van der Waals surface area contributed by atoms with Gasteiger partial charge in [-0.1, -0.05) is 13.8 Å². The van der Waals surface area contributed by atoms with Crippen LogP contribution in [-0.4, -0.2) is 72.3 Å². The minimum Gasteiger partial charge on any atom is -0.339 e. The van der Waals surface area contributed by atoms with Crippen molar-refractivity contribution in [3.63, 3.8) is 0 Å². The highest BCUT2D eigenvalue weighted by atomic mass is 19.2. The summed E-state index contributed by atoms with van der Waals surface area (Å²) in [7, 11) is 0. The van der Waals surface area contributed by atoms with Gasteiger partial charge < -0.3 is 14.7 Å². The lowest BCUT2D eigenvalue weighted by atomic mass is 10.1. The van der Waals surface area contributed by atoms with Crippen molar-refractivity contribution < 1.29 is 18.4 Å². The summed E-state index contributed by atoms with van der Waals surface area (Å²) in [6.07, 6.45) is 0.471. The van der Waals surface area contributed by atoms with Crippen LogP contribution in [0.25, 0.3) is 0 Å². The topological polar surface area (TPSA) is 43.9 Å². The smallest absolute Gasteiger partial charge is 0.254 e. The molecule has 0 saturated carbocycles. The molecule has 0 N–H and O–H groups in total. The van der Waals surface area contributed by atoms with Crippen molar-refractivity contribution >= 4 is 11.8 Å². The quantitative estimate of drug-likeness (QED) is 0.786. The molecule has 2 rings (SSSR count). The van der Waals surface area contributed by atoms with Gasteiger partial charge in [0.1, 0.15) is 0 Å². The Bertz CT molecular complexity index is 612. The minimum atomic E-state index is -1.03. The average Bonchev–Trinajstić information content (AvgIpc) is 2.64. The molecule has 25 heavy (non-hydrogen) atoms. The number of hydrogen-bond donors (Lipinski definition) is 0. The van der Waals surface area contributed by atoms with Crippen LogP contribution in [0.1, 0.15) is 30.6 Å². The maximum Gasteiger partial charge on any atom is 0.254 e. The molecule has 0 unspecified atom stereocenters. The molecule has 2 amide bonds. The predicted octanol–water partition coefficient (Wildman–Crippen LogP) is 1.98. The molecule has 0 aromatic heterocycles. The molecular formula is C18H25F2N3O2. The second-order valence-electron chi connectivity index (χ2n) is 6.08. The Morgan fingerprint density at radius 3 is 2.16 bits per heavy atom. The van der Waals surface area contributed by atoms with Gasteiger partial charge in [0, 0.05) is 44.7 Å². The SMILES string of the molecule is CCN(CC)CCC(=O)N1CCN(C(=O)c2ccc(F)c(F)c2)CC1. The summed E-state index contributed by atoms with van der Waals surface area (Å²) in [5, 5.41) is 0. The number of halogens is 2. The molecule has 0 bridgehead atoms. The summed E-state index contributed by atoms with van der Waals surface area (Å²) in [6.45, 7) is 8.43. The number of carbonyl (C=O) groups is 2. The van der Waals surface area contributed by atoms with Crippen LogP contribution < -0.4 is 0 Å². The van der Waals surface area contributed by atoms with Gasteiger partial charge in [-0.05, 0) is 31.3 Å². The number of nitrogens with zero attached hydrogens (tertiary/aromatic N) is 3. The Morgan fingerprint density at radius 1 is 1.00 bits per heavy atom. The van der Waals surface area contributed by atoms with Crippen molar-refractivity contribution in [3.05, 3.63) is 35.4 Å². The molecule has 138 valence electrons. The summed E-state index contributed by atoms with van der Waals surface area (Å²) >= 11 is 0. The van der Waals surface area contributed by atoms with E-state index in [2.05, 4.69) is 18.7 Å². The van der Waals surface area contributed by atoms with Gasteiger partial charge in [0.15, 0.2) is 11.6 Å². The Balaban J connectivity index is 1.85. The summed E-state index contributed by atoms with van der Waals surface area (Å²) in [6, 6.07) is 3.15. The zero-order chi connectivity index (χ0) is 18.4. The number of hydrogen-bond acceptors (Lipinski definition) is 3. The van der Waals surface area contributed by atoms with Crippen LogP contribution in [0.5, 0.6) is 0 Å². The third kappa shape index (κ3) is 4.98. The van der Waals surface area contributed by atoms with E-state index < -0.39 is 11.6 Å². The highest BCUT2D eigenvalue weighted by Gasteiger charge is 2.25. The minimum absolute atomic E-state index is 0.0897. The molecule has 0 aliphatic carbocycles. The third-order valence-electron chi connectivity index (χ3n) is 4.62. The van der Waals surface area contributed by atoms with E-state index in [0.717, 1.165) is 31.8 Å². The summed E-state index contributed by atoms with van der Waals surface area (Å²) in [5.74, 6) is -2.25. The monoisotopic (exact) mass is 353 g/mol. The Kier molecular flexibility index (Phi) is 6.87. The molecule has 0 radical (unpaired) electrons. The lowest BCUT2D eigenvalue weighted by molar-refractivity contribution is -0.133. The normalized spacial score (nSPS) is 14.9. The van der Waals surface area contributed by atoms with Crippen molar-refractivity contribution in [3.8, 4) is 0 Å². The van der Waals surface area contributed by atoms with Crippen LogP contribution in [0.4, 0.5) is 8.78 Å². The molecule has 1 aliphatic rings. The summed E-state index contributed by atoms with van der Waals surface area (Å²) in [5.41, 5.74) is 0.125. The first-order valence-electron chi connectivity index (χ1n) is 8.70. The Hall–Kier alpha value is -2.02. The highest BCUT2D eigenvalue weighted by Crippen LogP contribution is 2.13. The van der Waals surface area contributed by atoms with Gasteiger partial charge in [0.25, 0.3) is 5.91 Å². The number of carbonyl (C=O) groups excluding carboxylic acids is 2. The zero-order valence-corrected chi connectivity index (χ0v) is 14.8. The molecule has 1 aliphatic heterocycles. The Labute approximate surface area is 147 Å². The van der Waals surface area contributed by atoms with Crippen LogP contribution in [0.15, 0.2) is 18.2 Å². The second kappa shape index (κ2) is 8.89. The number of amides is 2. The summed E-state index contributed by atoms with van der Waals surface area (Å²) < 4.78 is 26.3. The molecule has 7 heteroatoms. The van der Waals surface area contributed by atoms with E-state index in [0.29, 0.717) is 32.6 Å². The average molecular weight is 353 g/mol. The molecule has 1 fully saturated rings. The molecule has 1 aromatic carbocycles. The van der Waals surface area contributed by atoms with Crippen LogP contribution in [0.2, 0.25) is 0 Å². The second-order valence-corrected chi connectivity index (χ2v) is 6.08. The summed E-state index contributed by atoms with van der Waals surface area (Å²) in [4.78, 5) is 30.2. The fourth-order valence-corrected chi connectivity index (χ4v) is 2.92. The largest absolute Gasteiger partial charge is 0.339 e.